The summed E-state index contributed by atoms with van der Waals surface area (Å²) < 4.78 is 5.07. The van der Waals surface area contributed by atoms with E-state index in [2.05, 4.69) is 19.2 Å². The van der Waals surface area contributed by atoms with Gasteiger partial charge in [-0.25, -0.2) is 0 Å². The zero-order chi connectivity index (χ0) is 11.3. The van der Waals surface area contributed by atoms with Gasteiger partial charge in [0.1, 0.15) is 0 Å². The SMILES string of the molecule is COCCNC1(CN)CCC(C)C(C)C1. The van der Waals surface area contributed by atoms with Crippen molar-refractivity contribution in [1.29, 1.82) is 0 Å². The van der Waals surface area contributed by atoms with Crippen molar-refractivity contribution in [3.8, 4) is 0 Å². The molecule has 0 aliphatic heterocycles. The van der Waals surface area contributed by atoms with Crippen LogP contribution < -0.4 is 11.1 Å². The summed E-state index contributed by atoms with van der Waals surface area (Å²) in [6.45, 7) is 7.11. The molecule has 0 amide bonds. The molecule has 0 heterocycles. The third-order valence-corrected chi connectivity index (χ3v) is 3.96. The second-order valence-corrected chi connectivity index (χ2v) is 5.10. The summed E-state index contributed by atoms with van der Waals surface area (Å²) in [5.74, 6) is 1.62. The van der Waals surface area contributed by atoms with E-state index in [0.717, 1.165) is 31.5 Å². The van der Waals surface area contributed by atoms with Crippen molar-refractivity contribution in [2.24, 2.45) is 17.6 Å². The topological polar surface area (TPSA) is 47.3 Å². The molecule has 0 aromatic heterocycles. The lowest BCUT2D eigenvalue weighted by Gasteiger charge is -2.43. The van der Waals surface area contributed by atoms with Crippen LogP contribution in [0.5, 0.6) is 0 Å². The number of hydrogen-bond acceptors (Lipinski definition) is 3. The minimum absolute atomic E-state index is 0.171. The third kappa shape index (κ3) is 3.44. The molecule has 0 aromatic carbocycles. The van der Waals surface area contributed by atoms with Gasteiger partial charge in [0, 0.05) is 25.7 Å². The van der Waals surface area contributed by atoms with Gasteiger partial charge in [0.2, 0.25) is 0 Å². The second-order valence-electron chi connectivity index (χ2n) is 5.10. The highest BCUT2D eigenvalue weighted by Gasteiger charge is 2.35. The molecule has 0 bridgehead atoms. The van der Waals surface area contributed by atoms with E-state index in [-0.39, 0.29) is 5.54 Å². The Labute approximate surface area is 93.8 Å². The van der Waals surface area contributed by atoms with E-state index in [1.54, 1.807) is 7.11 Å². The van der Waals surface area contributed by atoms with Gasteiger partial charge < -0.3 is 15.8 Å². The minimum Gasteiger partial charge on any atom is -0.383 e. The molecular weight excluding hydrogens is 188 g/mol. The van der Waals surface area contributed by atoms with E-state index < -0.39 is 0 Å². The molecule has 1 fully saturated rings. The minimum atomic E-state index is 0.171. The van der Waals surface area contributed by atoms with Crippen molar-refractivity contribution in [3.63, 3.8) is 0 Å². The van der Waals surface area contributed by atoms with Crippen molar-refractivity contribution >= 4 is 0 Å². The smallest absolute Gasteiger partial charge is 0.0587 e. The number of ether oxygens (including phenoxy) is 1. The first-order valence-electron chi connectivity index (χ1n) is 6.07. The lowest BCUT2D eigenvalue weighted by Crippen LogP contribution is -2.55. The van der Waals surface area contributed by atoms with Crippen molar-refractivity contribution in [2.75, 3.05) is 26.8 Å². The highest BCUT2D eigenvalue weighted by atomic mass is 16.5. The molecule has 1 aliphatic rings. The molecule has 1 saturated carbocycles. The molecule has 3 N–H and O–H groups in total. The Morgan fingerprint density at radius 1 is 1.40 bits per heavy atom. The van der Waals surface area contributed by atoms with E-state index in [4.69, 9.17) is 10.5 Å². The number of nitrogens with two attached hydrogens (primary N) is 1. The Morgan fingerprint density at radius 3 is 2.67 bits per heavy atom. The average molecular weight is 214 g/mol. The van der Waals surface area contributed by atoms with Crippen LogP contribution in [-0.2, 0) is 4.74 Å². The van der Waals surface area contributed by atoms with E-state index in [0.29, 0.717) is 0 Å². The maximum atomic E-state index is 5.92. The predicted molar refractivity (Wildman–Crippen MR) is 63.8 cm³/mol. The Bertz CT molecular complexity index is 186. The van der Waals surface area contributed by atoms with Gasteiger partial charge >= 0.3 is 0 Å². The van der Waals surface area contributed by atoms with Crippen LogP contribution in [0.3, 0.4) is 0 Å². The van der Waals surface area contributed by atoms with E-state index in [1.807, 2.05) is 0 Å². The largest absolute Gasteiger partial charge is 0.383 e. The fourth-order valence-corrected chi connectivity index (χ4v) is 2.54. The van der Waals surface area contributed by atoms with Gasteiger partial charge in [-0.15, -0.1) is 0 Å². The first-order valence-corrected chi connectivity index (χ1v) is 6.07. The zero-order valence-corrected chi connectivity index (χ0v) is 10.4. The van der Waals surface area contributed by atoms with Crippen LogP contribution in [0.1, 0.15) is 33.1 Å². The van der Waals surface area contributed by atoms with Crippen LogP contribution in [-0.4, -0.2) is 32.3 Å². The first-order chi connectivity index (χ1) is 7.13. The summed E-state index contributed by atoms with van der Waals surface area (Å²) in [7, 11) is 1.74. The molecule has 0 aromatic rings. The lowest BCUT2D eigenvalue weighted by atomic mass is 9.71. The van der Waals surface area contributed by atoms with Crippen LogP contribution in [0.2, 0.25) is 0 Å². The van der Waals surface area contributed by atoms with Crippen LogP contribution in [0.15, 0.2) is 0 Å². The number of nitrogens with one attached hydrogen (secondary N) is 1. The summed E-state index contributed by atoms with van der Waals surface area (Å²) in [6.07, 6.45) is 3.70. The monoisotopic (exact) mass is 214 g/mol. The Kier molecular flexibility index (Phi) is 5.03. The van der Waals surface area contributed by atoms with Crippen LogP contribution in [0.25, 0.3) is 0 Å². The molecule has 15 heavy (non-hydrogen) atoms. The van der Waals surface area contributed by atoms with Crippen molar-refractivity contribution < 1.29 is 4.74 Å². The van der Waals surface area contributed by atoms with E-state index >= 15 is 0 Å². The normalized spacial score (nSPS) is 36.8. The Hall–Kier alpha value is -0.120. The van der Waals surface area contributed by atoms with Crippen LogP contribution in [0.4, 0.5) is 0 Å². The quantitative estimate of drug-likeness (QED) is 0.680. The second kappa shape index (κ2) is 5.83. The lowest BCUT2D eigenvalue weighted by molar-refractivity contribution is 0.128. The summed E-state index contributed by atoms with van der Waals surface area (Å²) in [4.78, 5) is 0. The molecule has 0 spiro atoms. The standard InChI is InChI=1S/C12H26N2O/c1-10-4-5-12(9-13,8-11(10)2)14-6-7-15-3/h10-11,14H,4-9,13H2,1-3H3. The first kappa shape index (κ1) is 12.9. The van der Waals surface area contributed by atoms with Crippen LogP contribution >= 0.6 is 0 Å². The molecule has 0 saturated heterocycles. The third-order valence-electron chi connectivity index (χ3n) is 3.96. The van der Waals surface area contributed by atoms with Crippen molar-refractivity contribution in [2.45, 2.75) is 38.6 Å². The van der Waals surface area contributed by atoms with E-state index in [1.165, 1.54) is 19.3 Å². The molecule has 1 aliphatic carbocycles. The van der Waals surface area contributed by atoms with Crippen molar-refractivity contribution in [3.05, 3.63) is 0 Å². The summed E-state index contributed by atoms with van der Waals surface area (Å²) in [5, 5.41) is 3.59. The van der Waals surface area contributed by atoms with E-state index in [9.17, 15) is 0 Å². The fraction of sp³-hybridized carbons (Fsp3) is 1.00. The summed E-state index contributed by atoms with van der Waals surface area (Å²) >= 11 is 0. The maximum absolute atomic E-state index is 5.92. The van der Waals surface area contributed by atoms with Gasteiger partial charge in [0.15, 0.2) is 0 Å². The predicted octanol–water partition coefficient (Wildman–Crippen LogP) is 1.38. The van der Waals surface area contributed by atoms with Crippen molar-refractivity contribution in [1.82, 2.24) is 5.32 Å². The molecule has 3 nitrogen and oxygen atoms in total. The zero-order valence-electron chi connectivity index (χ0n) is 10.4. The maximum Gasteiger partial charge on any atom is 0.0587 e. The Morgan fingerprint density at radius 2 is 2.13 bits per heavy atom. The van der Waals surface area contributed by atoms with Gasteiger partial charge in [-0.3, -0.25) is 0 Å². The molecule has 0 radical (unpaired) electrons. The highest BCUT2D eigenvalue weighted by molar-refractivity contribution is 4.95. The summed E-state index contributed by atoms with van der Waals surface area (Å²) in [5.41, 5.74) is 6.10. The summed E-state index contributed by atoms with van der Waals surface area (Å²) in [6, 6.07) is 0. The molecule has 3 atom stereocenters. The average Bonchev–Trinajstić information content (AvgIpc) is 2.24. The fourth-order valence-electron chi connectivity index (χ4n) is 2.54. The van der Waals surface area contributed by atoms with Gasteiger partial charge in [0.05, 0.1) is 6.61 Å². The molecular formula is C12H26N2O. The molecule has 3 heteroatoms. The van der Waals surface area contributed by atoms with Crippen LogP contribution in [0, 0.1) is 11.8 Å². The van der Waals surface area contributed by atoms with Gasteiger partial charge in [0.25, 0.3) is 0 Å². The number of methoxy groups -OCH3 is 1. The van der Waals surface area contributed by atoms with Gasteiger partial charge in [-0.1, -0.05) is 13.8 Å². The molecule has 1 rings (SSSR count). The number of rotatable bonds is 5. The van der Waals surface area contributed by atoms with Gasteiger partial charge in [-0.2, -0.15) is 0 Å². The van der Waals surface area contributed by atoms with Gasteiger partial charge in [-0.05, 0) is 31.1 Å². The Balaban J connectivity index is 2.45. The molecule has 90 valence electrons. The number of hydrogen-bond donors (Lipinski definition) is 2. The molecule has 3 unspecified atom stereocenters. The highest BCUT2D eigenvalue weighted by Crippen LogP contribution is 2.35.